The normalized spacial score (nSPS) is 10.9. The van der Waals surface area contributed by atoms with Crippen LogP contribution in [0.4, 0.5) is 0 Å². The Kier molecular flexibility index (Phi) is 0.845. The Morgan fingerprint density at radius 3 is 2.40 bits per heavy atom. The Morgan fingerprint density at radius 1 is 1.20 bits per heavy atom. The monoisotopic (exact) mass is 138 g/mol. The van der Waals surface area contributed by atoms with Crippen molar-refractivity contribution in [2.45, 2.75) is 6.92 Å². The molecule has 0 spiro atoms. The van der Waals surface area contributed by atoms with Gasteiger partial charge in [0, 0.05) is 5.56 Å². The van der Waals surface area contributed by atoms with Gasteiger partial charge in [0.15, 0.2) is 5.75 Å². The highest BCUT2D eigenvalue weighted by Gasteiger charge is 2.11. The summed E-state index contributed by atoms with van der Waals surface area (Å²) in [4.78, 5) is 0. The summed E-state index contributed by atoms with van der Waals surface area (Å²) in [5.41, 5.74) is 2.05. The van der Waals surface area contributed by atoms with Gasteiger partial charge in [-0.05, 0) is 13.0 Å². The zero-order chi connectivity index (χ0) is 7.14. The Bertz CT molecular complexity index is 320. The molecule has 0 aliphatic carbocycles. The molecule has 2 aromatic rings. The van der Waals surface area contributed by atoms with Crippen molar-refractivity contribution >= 4 is 11.2 Å². The summed E-state index contributed by atoms with van der Waals surface area (Å²) in [6, 6.07) is 3.35. The number of hydrogen-bond donors (Lipinski definition) is 1. The van der Waals surface area contributed by atoms with E-state index in [1.807, 2.05) is 6.92 Å². The summed E-state index contributed by atoms with van der Waals surface area (Å²) in [6.45, 7) is 1.89. The van der Waals surface area contributed by atoms with Gasteiger partial charge >= 0.3 is 0 Å². The number of aromatic hydroxyl groups is 1. The lowest BCUT2D eigenvalue weighted by Gasteiger charge is -2.01. The largest absolute Gasteiger partial charge is 0.504 e. The smallest absolute Gasteiger partial charge is 0.267 e. The van der Waals surface area contributed by atoms with E-state index >= 15 is 0 Å². The second-order valence-corrected chi connectivity index (χ2v) is 2.23. The van der Waals surface area contributed by atoms with Crippen molar-refractivity contribution in [3.05, 3.63) is 17.7 Å². The van der Waals surface area contributed by atoms with Crippen molar-refractivity contribution in [2.24, 2.45) is 0 Å². The van der Waals surface area contributed by atoms with E-state index in [0.29, 0.717) is 11.2 Å². The molecule has 0 unspecified atom stereocenters. The van der Waals surface area contributed by atoms with Crippen molar-refractivity contribution in [3.8, 4) is 5.75 Å². The third kappa shape index (κ3) is 0.492. The summed E-state index contributed by atoms with van der Waals surface area (Å²) in [5.74, 6) is 0.131. The Labute approximate surface area is 56.8 Å². The average Bonchev–Trinajstić information content (AvgIpc) is 1.78. The lowest BCUT2D eigenvalue weighted by molar-refractivity contribution is 0.0559. The van der Waals surface area contributed by atoms with Crippen LogP contribution in [0.15, 0.2) is 21.3 Å². The molecule has 3 heteroatoms. The molecule has 1 heterocycles. The van der Waals surface area contributed by atoms with Gasteiger partial charge in [-0.15, -0.1) is 0 Å². The molecule has 0 fully saturated rings. The van der Waals surface area contributed by atoms with E-state index in [9.17, 15) is 0 Å². The summed E-state index contributed by atoms with van der Waals surface area (Å²) >= 11 is 0. The van der Waals surface area contributed by atoms with Crippen molar-refractivity contribution in [1.82, 2.24) is 0 Å². The molecule has 0 amide bonds. The molecule has 0 bridgehead atoms. The number of phenolic OH excluding ortho intramolecular Hbond substituents is 1. The number of aryl methyl sites for hydroxylation is 1. The quantitative estimate of drug-likeness (QED) is 0.566. The van der Waals surface area contributed by atoms with E-state index < -0.39 is 0 Å². The molecule has 52 valence electrons. The highest BCUT2D eigenvalue weighted by Crippen LogP contribution is 2.29. The zero-order valence-corrected chi connectivity index (χ0v) is 5.42. The van der Waals surface area contributed by atoms with E-state index in [1.165, 1.54) is 0 Å². The SMILES string of the molecule is Cc1ccc(O)c2ooc12. The van der Waals surface area contributed by atoms with Gasteiger partial charge in [-0.3, -0.25) is 9.15 Å². The van der Waals surface area contributed by atoms with Gasteiger partial charge in [0.1, 0.15) is 0 Å². The number of rotatable bonds is 0. The molecule has 0 radical (unpaired) electrons. The Hall–Kier alpha value is -1.38. The van der Waals surface area contributed by atoms with Crippen molar-refractivity contribution in [3.63, 3.8) is 0 Å². The third-order valence-corrected chi connectivity index (χ3v) is 1.50. The maximum absolute atomic E-state index is 9.07. The van der Waals surface area contributed by atoms with E-state index in [1.54, 1.807) is 12.1 Å². The maximum atomic E-state index is 9.07. The van der Waals surface area contributed by atoms with E-state index in [4.69, 9.17) is 5.11 Å². The van der Waals surface area contributed by atoms with E-state index in [2.05, 4.69) is 9.15 Å². The first-order chi connectivity index (χ1) is 4.79. The fourth-order valence-corrected chi connectivity index (χ4v) is 0.884. The number of fused-ring (bicyclic) bond motifs is 1. The van der Waals surface area contributed by atoms with Crippen LogP contribution >= 0.6 is 0 Å². The van der Waals surface area contributed by atoms with Crippen LogP contribution in [-0.4, -0.2) is 5.11 Å². The van der Waals surface area contributed by atoms with Crippen LogP contribution in [-0.2, 0) is 0 Å². The Morgan fingerprint density at radius 2 is 1.90 bits per heavy atom. The van der Waals surface area contributed by atoms with E-state index in [-0.39, 0.29) is 5.75 Å². The maximum Gasteiger partial charge on any atom is 0.267 e. The molecule has 2 rings (SSSR count). The molecule has 1 aromatic heterocycles. The summed E-state index contributed by atoms with van der Waals surface area (Å²) in [7, 11) is 0. The minimum Gasteiger partial charge on any atom is -0.504 e. The number of hydrogen-bond acceptors (Lipinski definition) is 3. The van der Waals surface area contributed by atoms with Crippen LogP contribution in [0.25, 0.3) is 11.2 Å². The standard InChI is InChI=1S/C7H6O3/c1-4-2-3-5(8)7-6(4)9-10-7/h2-3,8H,1H3. The van der Waals surface area contributed by atoms with E-state index in [0.717, 1.165) is 5.56 Å². The highest BCUT2D eigenvalue weighted by atomic mass is 17.0. The van der Waals surface area contributed by atoms with Crippen LogP contribution in [0.2, 0.25) is 0 Å². The van der Waals surface area contributed by atoms with Gasteiger partial charge < -0.3 is 5.11 Å². The fraction of sp³-hybridized carbons (Fsp3) is 0.143. The van der Waals surface area contributed by atoms with Gasteiger partial charge in [0.25, 0.3) is 5.58 Å². The minimum atomic E-state index is 0.131. The summed E-state index contributed by atoms with van der Waals surface area (Å²) in [5, 5.41) is 9.07. The topological polar surface area (TPSA) is 46.5 Å². The van der Waals surface area contributed by atoms with Gasteiger partial charge in [-0.1, -0.05) is 6.07 Å². The van der Waals surface area contributed by atoms with Crippen molar-refractivity contribution in [2.75, 3.05) is 0 Å². The van der Waals surface area contributed by atoms with Crippen LogP contribution in [0.5, 0.6) is 5.75 Å². The number of phenols is 1. The summed E-state index contributed by atoms with van der Waals surface area (Å²) in [6.07, 6.45) is 0. The van der Waals surface area contributed by atoms with Crippen LogP contribution < -0.4 is 0 Å². The molecular formula is C7H6O3. The average molecular weight is 138 g/mol. The molecule has 0 atom stereocenters. The lowest BCUT2D eigenvalue weighted by Crippen LogP contribution is -1.80. The summed E-state index contributed by atoms with van der Waals surface area (Å²) < 4.78 is 9.17. The zero-order valence-electron chi connectivity index (χ0n) is 5.42. The highest BCUT2D eigenvalue weighted by molar-refractivity contribution is 5.80. The second kappa shape index (κ2) is 1.56. The Balaban J connectivity index is 2.85. The predicted molar refractivity (Wildman–Crippen MR) is 34.9 cm³/mol. The molecule has 1 N–H and O–H groups in total. The fourth-order valence-electron chi connectivity index (χ4n) is 0.884. The minimum absolute atomic E-state index is 0.131. The molecule has 0 saturated heterocycles. The molecular weight excluding hydrogens is 132 g/mol. The lowest BCUT2D eigenvalue weighted by atomic mass is 10.2. The molecule has 1 aromatic carbocycles. The van der Waals surface area contributed by atoms with Crippen LogP contribution in [0, 0.1) is 6.92 Å². The van der Waals surface area contributed by atoms with Crippen LogP contribution in [0.1, 0.15) is 5.56 Å². The molecule has 0 aliphatic rings. The van der Waals surface area contributed by atoms with Gasteiger partial charge in [-0.2, -0.15) is 0 Å². The van der Waals surface area contributed by atoms with Crippen LogP contribution in [0.3, 0.4) is 0 Å². The van der Waals surface area contributed by atoms with Gasteiger partial charge in [0.05, 0.1) is 0 Å². The molecule has 10 heavy (non-hydrogen) atoms. The second-order valence-electron chi connectivity index (χ2n) is 2.23. The molecule has 3 nitrogen and oxygen atoms in total. The van der Waals surface area contributed by atoms with Gasteiger partial charge in [0.2, 0.25) is 5.58 Å². The first kappa shape index (κ1) is 5.41. The molecule has 0 saturated carbocycles. The first-order valence-electron chi connectivity index (χ1n) is 2.96. The third-order valence-electron chi connectivity index (χ3n) is 1.50. The van der Waals surface area contributed by atoms with Crippen molar-refractivity contribution in [1.29, 1.82) is 0 Å². The first-order valence-corrected chi connectivity index (χ1v) is 2.96. The van der Waals surface area contributed by atoms with Gasteiger partial charge in [-0.25, -0.2) is 0 Å². The molecule has 0 aliphatic heterocycles. The number of benzene rings is 1. The van der Waals surface area contributed by atoms with Crippen molar-refractivity contribution < 1.29 is 14.3 Å². The predicted octanol–water partition coefficient (Wildman–Crippen LogP) is 2.04.